The molecule has 2 unspecified atom stereocenters. The lowest BCUT2D eigenvalue weighted by Crippen LogP contribution is -2.35. The number of benzene rings is 1. The van der Waals surface area contributed by atoms with Gasteiger partial charge in [0.15, 0.2) is 0 Å². The van der Waals surface area contributed by atoms with Crippen molar-refractivity contribution in [2.45, 2.75) is 18.9 Å². The number of carbonyl (C=O) groups is 1. The SMILES string of the molecule is CC(c1c[nH]c2ccccc12)C(N)C(=O)O. The molecule has 4 nitrogen and oxygen atoms in total. The van der Waals surface area contributed by atoms with Crippen LogP contribution in [0.5, 0.6) is 0 Å². The first-order valence-corrected chi connectivity index (χ1v) is 5.15. The van der Waals surface area contributed by atoms with Crippen LogP contribution in [0.4, 0.5) is 0 Å². The van der Waals surface area contributed by atoms with E-state index >= 15 is 0 Å². The zero-order chi connectivity index (χ0) is 11.7. The van der Waals surface area contributed by atoms with Crippen LogP contribution in [-0.4, -0.2) is 22.1 Å². The summed E-state index contributed by atoms with van der Waals surface area (Å²) in [6.07, 6.45) is 1.83. The number of hydrogen-bond acceptors (Lipinski definition) is 2. The number of aliphatic carboxylic acids is 1. The van der Waals surface area contributed by atoms with E-state index in [9.17, 15) is 4.79 Å². The predicted octanol–water partition coefficient (Wildman–Crippen LogP) is 1.68. The maximum Gasteiger partial charge on any atom is 0.321 e. The number of aromatic amines is 1. The minimum Gasteiger partial charge on any atom is -0.480 e. The summed E-state index contributed by atoms with van der Waals surface area (Å²) in [5, 5.41) is 9.92. The predicted molar refractivity (Wildman–Crippen MR) is 62.3 cm³/mol. The van der Waals surface area contributed by atoms with Crippen LogP contribution in [0.15, 0.2) is 30.5 Å². The number of nitrogens with one attached hydrogen (secondary N) is 1. The van der Waals surface area contributed by atoms with Crippen molar-refractivity contribution in [1.29, 1.82) is 0 Å². The molecule has 2 aromatic rings. The largest absolute Gasteiger partial charge is 0.480 e. The lowest BCUT2D eigenvalue weighted by Gasteiger charge is -2.15. The number of nitrogens with two attached hydrogens (primary N) is 1. The van der Waals surface area contributed by atoms with Crippen molar-refractivity contribution in [2.75, 3.05) is 0 Å². The van der Waals surface area contributed by atoms with Crippen LogP contribution in [0.25, 0.3) is 10.9 Å². The molecule has 1 aromatic heterocycles. The first-order valence-electron chi connectivity index (χ1n) is 5.15. The first kappa shape index (κ1) is 10.7. The monoisotopic (exact) mass is 218 g/mol. The highest BCUT2D eigenvalue weighted by atomic mass is 16.4. The molecule has 4 N–H and O–H groups in total. The Morgan fingerprint density at radius 2 is 2.12 bits per heavy atom. The number of carboxylic acids is 1. The maximum atomic E-state index is 10.8. The minimum atomic E-state index is -0.974. The molecule has 0 amide bonds. The van der Waals surface area contributed by atoms with E-state index in [1.165, 1.54) is 0 Å². The molecule has 0 bridgehead atoms. The number of hydrogen-bond donors (Lipinski definition) is 3. The molecule has 0 spiro atoms. The Bertz CT molecular complexity index is 518. The van der Waals surface area contributed by atoms with Crippen molar-refractivity contribution in [2.24, 2.45) is 5.73 Å². The van der Waals surface area contributed by atoms with E-state index in [-0.39, 0.29) is 5.92 Å². The second-order valence-electron chi connectivity index (χ2n) is 3.94. The van der Waals surface area contributed by atoms with E-state index in [1.807, 2.05) is 37.4 Å². The molecule has 2 atom stereocenters. The summed E-state index contributed by atoms with van der Waals surface area (Å²) in [5.41, 5.74) is 7.58. The van der Waals surface area contributed by atoms with Crippen LogP contribution in [-0.2, 0) is 4.79 Å². The molecule has 0 aliphatic heterocycles. The van der Waals surface area contributed by atoms with E-state index in [4.69, 9.17) is 10.8 Å². The molecule has 0 saturated heterocycles. The van der Waals surface area contributed by atoms with Gasteiger partial charge in [0.1, 0.15) is 6.04 Å². The molecule has 16 heavy (non-hydrogen) atoms. The molecule has 84 valence electrons. The standard InChI is InChI=1S/C12H14N2O2/c1-7(11(13)12(15)16)9-6-14-10-5-3-2-4-8(9)10/h2-7,11,14H,13H2,1H3,(H,15,16). The van der Waals surface area contributed by atoms with E-state index in [2.05, 4.69) is 4.98 Å². The zero-order valence-corrected chi connectivity index (χ0v) is 8.97. The summed E-state index contributed by atoms with van der Waals surface area (Å²) in [5.74, 6) is -1.19. The highest BCUT2D eigenvalue weighted by Crippen LogP contribution is 2.26. The average molecular weight is 218 g/mol. The third-order valence-corrected chi connectivity index (χ3v) is 2.94. The quantitative estimate of drug-likeness (QED) is 0.733. The highest BCUT2D eigenvalue weighted by molar-refractivity contribution is 5.85. The van der Waals surface area contributed by atoms with Gasteiger partial charge in [0.05, 0.1) is 0 Å². The van der Waals surface area contributed by atoms with Crippen molar-refractivity contribution in [3.05, 3.63) is 36.0 Å². The molecular formula is C12H14N2O2. The molecular weight excluding hydrogens is 204 g/mol. The molecule has 1 heterocycles. The molecule has 4 heteroatoms. The van der Waals surface area contributed by atoms with Crippen molar-refractivity contribution in [3.8, 4) is 0 Å². The van der Waals surface area contributed by atoms with Crippen LogP contribution >= 0.6 is 0 Å². The van der Waals surface area contributed by atoms with Crippen molar-refractivity contribution in [3.63, 3.8) is 0 Å². The van der Waals surface area contributed by atoms with E-state index in [1.54, 1.807) is 0 Å². The third-order valence-electron chi connectivity index (χ3n) is 2.94. The van der Waals surface area contributed by atoms with Crippen molar-refractivity contribution < 1.29 is 9.90 Å². The van der Waals surface area contributed by atoms with Gasteiger partial charge in [0, 0.05) is 23.0 Å². The number of rotatable bonds is 3. The zero-order valence-electron chi connectivity index (χ0n) is 8.97. The molecule has 0 aliphatic carbocycles. The number of aromatic nitrogens is 1. The number of fused-ring (bicyclic) bond motifs is 1. The Morgan fingerprint density at radius 3 is 2.81 bits per heavy atom. The van der Waals surface area contributed by atoms with Gasteiger partial charge in [-0.15, -0.1) is 0 Å². The Hall–Kier alpha value is -1.81. The van der Waals surface area contributed by atoms with Crippen LogP contribution in [0.3, 0.4) is 0 Å². The van der Waals surface area contributed by atoms with Crippen molar-refractivity contribution >= 4 is 16.9 Å². The van der Waals surface area contributed by atoms with E-state index in [0.717, 1.165) is 16.5 Å². The fourth-order valence-electron chi connectivity index (χ4n) is 1.88. The Labute approximate surface area is 93.1 Å². The maximum absolute atomic E-state index is 10.8. The van der Waals surface area contributed by atoms with Gasteiger partial charge in [-0.25, -0.2) is 0 Å². The summed E-state index contributed by atoms with van der Waals surface area (Å²) in [6.45, 7) is 1.83. The molecule has 2 rings (SSSR count). The van der Waals surface area contributed by atoms with Crippen molar-refractivity contribution in [1.82, 2.24) is 4.98 Å². The Balaban J connectivity index is 2.44. The summed E-state index contributed by atoms with van der Waals surface area (Å²) in [7, 11) is 0. The van der Waals surface area contributed by atoms with Gasteiger partial charge >= 0.3 is 5.97 Å². The van der Waals surface area contributed by atoms with Gasteiger partial charge in [0.2, 0.25) is 0 Å². The highest BCUT2D eigenvalue weighted by Gasteiger charge is 2.23. The van der Waals surface area contributed by atoms with Gasteiger partial charge in [0.25, 0.3) is 0 Å². The Morgan fingerprint density at radius 1 is 1.44 bits per heavy atom. The minimum absolute atomic E-state index is 0.214. The van der Waals surface area contributed by atoms with E-state index in [0.29, 0.717) is 0 Å². The number of H-pyrrole nitrogens is 1. The molecule has 0 radical (unpaired) electrons. The molecule has 0 aliphatic rings. The van der Waals surface area contributed by atoms with Crippen LogP contribution in [0.2, 0.25) is 0 Å². The van der Waals surface area contributed by atoms with Gasteiger partial charge < -0.3 is 15.8 Å². The summed E-state index contributed by atoms with van der Waals surface area (Å²) >= 11 is 0. The van der Waals surface area contributed by atoms with Crippen LogP contribution in [0.1, 0.15) is 18.4 Å². The fourth-order valence-corrected chi connectivity index (χ4v) is 1.88. The second kappa shape index (κ2) is 3.98. The number of carboxylic acid groups (broad SMARTS) is 1. The average Bonchev–Trinajstić information content (AvgIpc) is 2.70. The first-order chi connectivity index (χ1) is 7.61. The number of para-hydroxylation sites is 1. The summed E-state index contributed by atoms with van der Waals surface area (Å²) < 4.78 is 0. The summed E-state index contributed by atoms with van der Waals surface area (Å²) in [4.78, 5) is 14.0. The third kappa shape index (κ3) is 1.67. The van der Waals surface area contributed by atoms with Gasteiger partial charge in [-0.1, -0.05) is 25.1 Å². The Kier molecular flexibility index (Phi) is 2.66. The van der Waals surface area contributed by atoms with E-state index < -0.39 is 12.0 Å². The topological polar surface area (TPSA) is 79.1 Å². The summed E-state index contributed by atoms with van der Waals surface area (Å²) in [6, 6.07) is 6.91. The van der Waals surface area contributed by atoms with Gasteiger partial charge in [-0.05, 0) is 11.6 Å². The van der Waals surface area contributed by atoms with Crippen LogP contribution < -0.4 is 5.73 Å². The lowest BCUT2D eigenvalue weighted by atomic mass is 9.93. The van der Waals surface area contributed by atoms with Crippen LogP contribution in [0, 0.1) is 0 Å². The molecule has 0 saturated carbocycles. The second-order valence-corrected chi connectivity index (χ2v) is 3.94. The molecule has 0 fully saturated rings. The van der Waals surface area contributed by atoms with Gasteiger partial charge in [-0.2, -0.15) is 0 Å². The smallest absolute Gasteiger partial charge is 0.321 e. The molecule has 1 aromatic carbocycles. The fraction of sp³-hybridized carbons (Fsp3) is 0.250. The van der Waals surface area contributed by atoms with Gasteiger partial charge in [-0.3, -0.25) is 4.79 Å². The lowest BCUT2D eigenvalue weighted by molar-refractivity contribution is -0.138. The normalized spacial score (nSPS) is 14.9.